The quantitative estimate of drug-likeness (QED) is 0.802. The first-order valence-electron chi connectivity index (χ1n) is 9.97. The van der Waals surface area contributed by atoms with Crippen LogP contribution in [0.3, 0.4) is 0 Å². The summed E-state index contributed by atoms with van der Waals surface area (Å²) in [7, 11) is 0. The van der Waals surface area contributed by atoms with Gasteiger partial charge in [0.15, 0.2) is 5.76 Å². The van der Waals surface area contributed by atoms with E-state index in [1.165, 1.54) is 6.42 Å². The predicted molar refractivity (Wildman–Crippen MR) is 111 cm³/mol. The monoisotopic (exact) mass is 405 g/mol. The van der Waals surface area contributed by atoms with Crippen LogP contribution in [-0.2, 0) is 4.79 Å². The van der Waals surface area contributed by atoms with Crippen molar-refractivity contribution < 1.29 is 14.0 Å². The first-order chi connectivity index (χ1) is 13.2. The minimum absolute atomic E-state index is 0. The Hall–Kier alpha value is -2.05. The lowest BCUT2D eigenvalue weighted by Crippen LogP contribution is -2.49. The van der Waals surface area contributed by atoms with Crippen LogP contribution in [0.4, 0.5) is 0 Å². The van der Waals surface area contributed by atoms with Crippen molar-refractivity contribution in [2.24, 2.45) is 5.92 Å². The summed E-state index contributed by atoms with van der Waals surface area (Å²) < 4.78 is 5.64. The normalized spacial score (nSPS) is 22.1. The lowest BCUT2D eigenvalue weighted by atomic mass is 10.0. The second-order valence-corrected chi connectivity index (χ2v) is 7.70. The predicted octanol–water partition coefficient (Wildman–Crippen LogP) is 2.97. The van der Waals surface area contributed by atoms with Crippen molar-refractivity contribution in [1.82, 2.24) is 15.5 Å². The number of nitrogens with zero attached hydrogens (tertiary/aromatic N) is 1. The summed E-state index contributed by atoms with van der Waals surface area (Å²) in [5.41, 5.74) is 0.713. The maximum Gasteiger partial charge on any atom is 0.287 e. The summed E-state index contributed by atoms with van der Waals surface area (Å²) in [5, 5.41) is 7.31. The molecule has 1 aromatic carbocycles. The Kier molecular flexibility index (Phi) is 6.97. The molecular formula is C21H28ClN3O3. The summed E-state index contributed by atoms with van der Waals surface area (Å²) in [6.07, 6.45) is 4.54. The molecule has 2 amide bonds. The highest BCUT2D eigenvalue weighted by Crippen LogP contribution is 2.20. The van der Waals surface area contributed by atoms with Gasteiger partial charge in [-0.15, -0.1) is 12.4 Å². The van der Waals surface area contributed by atoms with Crippen LogP contribution in [0.25, 0.3) is 11.0 Å². The van der Waals surface area contributed by atoms with Crippen LogP contribution in [0.5, 0.6) is 0 Å². The van der Waals surface area contributed by atoms with E-state index in [0.717, 1.165) is 44.3 Å². The van der Waals surface area contributed by atoms with Gasteiger partial charge >= 0.3 is 0 Å². The molecule has 7 heteroatoms. The molecular weight excluding hydrogens is 378 g/mol. The largest absolute Gasteiger partial charge is 0.451 e. The van der Waals surface area contributed by atoms with E-state index in [2.05, 4.69) is 10.6 Å². The Morgan fingerprint density at radius 2 is 2.11 bits per heavy atom. The molecule has 1 aromatic heterocycles. The number of fused-ring (bicyclic) bond motifs is 1. The Morgan fingerprint density at radius 3 is 2.89 bits per heavy atom. The number of nitrogens with one attached hydrogen (secondary N) is 2. The number of likely N-dealkylation sites (tertiary alicyclic amines) is 1. The van der Waals surface area contributed by atoms with E-state index < -0.39 is 0 Å². The van der Waals surface area contributed by atoms with Crippen LogP contribution in [0, 0.1) is 5.92 Å². The highest BCUT2D eigenvalue weighted by molar-refractivity contribution is 5.96. The number of para-hydroxylation sites is 1. The van der Waals surface area contributed by atoms with Gasteiger partial charge in [0.25, 0.3) is 5.91 Å². The smallest absolute Gasteiger partial charge is 0.287 e. The molecule has 2 N–H and O–H groups in total. The third kappa shape index (κ3) is 4.86. The zero-order chi connectivity index (χ0) is 18.6. The van der Waals surface area contributed by atoms with Gasteiger partial charge in [-0.25, -0.2) is 0 Å². The van der Waals surface area contributed by atoms with Gasteiger partial charge in [-0.2, -0.15) is 0 Å². The fourth-order valence-electron chi connectivity index (χ4n) is 4.12. The molecule has 3 heterocycles. The number of halogens is 1. The number of carbonyl (C=O) groups is 2. The van der Waals surface area contributed by atoms with E-state index in [9.17, 15) is 9.59 Å². The molecule has 4 rings (SSSR count). The third-order valence-corrected chi connectivity index (χ3v) is 5.69. The molecule has 0 spiro atoms. The number of hydrogen-bond acceptors (Lipinski definition) is 4. The fraction of sp³-hybridized carbons (Fsp3) is 0.524. The van der Waals surface area contributed by atoms with Crippen LogP contribution in [0.1, 0.15) is 42.7 Å². The van der Waals surface area contributed by atoms with Crippen molar-refractivity contribution in [2.45, 2.75) is 38.1 Å². The van der Waals surface area contributed by atoms with Gasteiger partial charge in [0.1, 0.15) is 5.58 Å². The van der Waals surface area contributed by atoms with E-state index in [-0.39, 0.29) is 30.3 Å². The first kappa shape index (κ1) is 20.7. The Labute approximate surface area is 171 Å². The van der Waals surface area contributed by atoms with Crippen molar-refractivity contribution in [2.75, 3.05) is 26.2 Å². The number of hydrogen-bond donors (Lipinski definition) is 2. The van der Waals surface area contributed by atoms with Crippen LogP contribution in [0.2, 0.25) is 0 Å². The molecule has 2 unspecified atom stereocenters. The Balaban J connectivity index is 0.00000225. The van der Waals surface area contributed by atoms with Crippen molar-refractivity contribution in [3.05, 3.63) is 36.1 Å². The van der Waals surface area contributed by atoms with Crippen LogP contribution in [-0.4, -0.2) is 48.9 Å². The van der Waals surface area contributed by atoms with Crippen LogP contribution < -0.4 is 10.6 Å². The van der Waals surface area contributed by atoms with Gasteiger partial charge in [-0.05, 0) is 56.8 Å². The van der Waals surface area contributed by atoms with Gasteiger partial charge in [0, 0.05) is 30.9 Å². The molecule has 28 heavy (non-hydrogen) atoms. The lowest BCUT2D eigenvalue weighted by Gasteiger charge is -2.33. The summed E-state index contributed by atoms with van der Waals surface area (Å²) in [6, 6.07) is 9.35. The van der Waals surface area contributed by atoms with Crippen molar-refractivity contribution >= 4 is 35.2 Å². The average molecular weight is 406 g/mol. The second-order valence-electron chi connectivity index (χ2n) is 7.70. The summed E-state index contributed by atoms with van der Waals surface area (Å²) in [6.45, 7) is 3.48. The van der Waals surface area contributed by atoms with Crippen molar-refractivity contribution in [3.8, 4) is 0 Å². The molecule has 2 fully saturated rings. The third-order valence-electron chi connectivity index (χ3n) is 5.69. The SMILES string of the molecule is Cl.O=C(NC1CCCN(C(=O)CCC2CCNC2)C1)c1cc2ccccc2o1. The second kappa shape index (κ2) is 9.43. The number of furan rings is 1. The number of piperidine rings is 1. The lowest BCUT2D eigenvalue weighted by molar-refractivity contribution is -0.132. The molecule has 2 aliphatic heterocycles. The summed E-state index contributed by atoms with van der Waals surface area (Å²) in [4.78, 5) is 27.0. The highest BCUT2D eigenvalue weighted by Gasteiger charge is 2.26. The Bertz CT molecular complexity index is 783. The molecule has 0 bridgehead atoms. The number of rotatable bonds is 5. The maximum absolute atomic E-state index is 12.5. The summed E-state index contributed by atoms with van der Waals surface area (Å²) >= 11 is 0. The molecule has 2 saturated heterocycles. The minimum Gasteiger partial charge on any atom is -0.451 e. The van der Waals surface area contributed by atoms with E-state index in [1.54, 1.807) is 6.07 Å². The number of carbonyl (C=O) groups excluding carboxylic acids is 2. The van der Waals surface area contributed by atoms with E-state index in [1.807, 2.05) is 29.2 Å². The standard InChI is InChI=1S/C21H27N3O3.ClH/c25-20(8-7-15-9-10-22-13-15)24-11-3-5-17(14-24)23-21(26)19-12-16-4-1-2-6-18(16)27-19;/h1-2,4,6,12,15,17,22H,3,5,7-11,13-14H2,(H,23,26);1H. The molecule has 6 nitrogen and oxygen atoms in total. The van der Waals surface area contributed by atoms with Gasteiger partial charge in [0.2, 0.25) is 5.91 Å². The average Bonchev–Trinajstić information content (AvgIpc) is 3.35. The van der Waals surface area contributed by atoms with Gasteiger partial charge in [-0.3, -0.25) is 9.59 Å². The Morgan fingerprint density at radius 1 is 1.25 bits per heavy atom. The van der Waals surface area contributed by atoms with Crippen molar-refractivity contribution in [3.63, 3.8) is 0 Å². The van der Waals surface area contributed by atoms with Gasteiger partial charge in [-0.1, -0.05) is 18.2 Å². The number of benzene rings is 1. The molecule has 2 aromatic rings. The van der Waals surface area contributed by atoms with Gasteiger partial charge in [0.05, 0.1) is 0 Å². The van der Waals surface area contributed by atoms with Gasteiger partial charge < -0.3 is 20.0 Å². The zero-order valence-electron chi connectivity index (χ0n) is 16.0. The maximum atomic E-state index is 12.5. The van der Waals surface area contributed by atoms with E-state index >= 15 is 0 Å². The molecule has 152 valence electrons. The minimum atomic E-state index is -0.206. The first-order valence-corrected chi connectivity index (χ1v) is 9.97. The fourth-order valence-corrected chi connectivity index (χ4v) is 4.12. The molecule has 0 saturated carbocycles. The topological polar surface area (TPSA) is 74.6 Å². The summed E-state index contributed by atoms with van der Waals surface area (Å²) in [5.74, 6) is 0.961. The van der Waals surface area contributed by atoms with E-state index in [4.69, 9.17) is 4.42 Å². The zero-order valence-corrected chi connectivity index (χ0v) is 16.8. The highest BCUT2D eigenvalue weighted by atomic mass is 35.5. The van der Waals surface area contributed by atoms with Crippen LogP contribution >= 0.6 is 12.4 Å². The number of amides is 2. The molecule has 2 aliphatic rings. The molecule has 0 radical (unpaired) electrons. The van der Waals surface area contributed by atoms with Crippen LogP contribution in [0.15, 0.2) is 34.7 Å². The molecule has 2 atom stereocenters. The van der Waals surface area contributed by atoms with E-state index in [0.29, 0.717) is 30.2 Å². The molecule has 0 aliphatic carbocycles. The van der Waals surface area contributed by atoms with Crippen molar-refractivity contribution in [1.29, 1.82) is 0 Å².